The van der Waals surface area contributed by atoms with Crippen molar-refractivity contribution in [1.29, 1.82) is 0 Å². The van der Waals surface area contributed by atoms with Crippen LogP contribution >= 0.6 is 0 Å². The summed E-state index contributed by atoms with van der Waals surface area (Å²) in [6.07, 6.45) is 6.50. The first-order chi connectivity index (χ1) is 9.14. The molecule has 1 unspecified atom stereocenters. The van der Waals surface area contributed by atoms with Crippen molar-refractivity contribution in [1.82, 2.24) is 9.80 Å². The maximum Gasteiger partial charge on any atom is 0.309 e. The van der Waals surface area contributed by atoms with Gasteiger partial charge in [-0.05, 0) is 51.6 Å². The molecule has 2 saturated heterocycles. The normalized spacial score (nSPS) is 32.6. The van der Waals surface area contributed by atoms with Gasteiger partial charge in [-0.25, -0.2) is 0 Å². The Kier molecular flexibility index (Phi) is 3.56. The lowest BCUT2D eigenvalue weighted by Crippen LogP contribution is -2.48. The van der Waals surface area contributed by atoms with E-state index < -0.39 is 11.4 Å². The fourth-order valence-electron chi connectivity index (χ4n) is 3.87. The zero-order chi connectivity index (χ0) is 13.5. The number of aliphatic carboxylic acids is 1. The molecule has 3 aliphatic rings. The number of carboxylic acids is 1. The summed E-state index contributed by atoms with van der Waals surface area (Å²) in [5.41, 5.74) is -0.439. The van der Waals surface area contributed by atoms with Gasteiger partial charge in [0.05, 0.1) is 5.41 Å². The molecular formula is C15H26N2O2. The van der Waals surface area contributed by atoms with E-state index in [0.717, 1.165) is 38.4 Å². The summed E-state index contributed by atoms with van der Waals surface area (Å²) >= 11 is 0. The van der Waals surface area contributed by atoms with Crippen LogP contribution in [0.4, 0.5) is 0 Å². The van der Waals surface area contributed by atoms with Crippen LogP contribution in [-0.2, 0) is 4.79 Å². The highest BCUT2D eigenvalue weighted by Gasteiger charge is 2.43. The molecule has 4 nitrogen and oxygen atoms in total. The number of hydrogen-bond acceptors (Lipinski definition) is 3. The van der Waals surface area contributed by atoms with Gasteiger partial charge in [0.2, 0.25) is 0 Å². The molecule has 2 heterocycles. The van der Waals surface area contributed by atoms with Crippen LogP contribution in [0.15, 0.2) is 0 Å². The van der Waals surface area contributed by atoms with Crippen molar-refractivity contribution in [3.63, 3.8) is 0 Å². The molecule has 4 heteroatoms. The quantitative estimate of drug-likeness (QED) is 0.842. The molecule has 0 spiro atoms. The zero-order valence-corrected chi connectivity index (χ0v) is 12.0. The van der Waals surface area contributed by atoms with Gasteiger partial charge in [0.25, 0.3) is 0 Å². The molecule has 1 N–H and O–H groups in total. The second kappa shape index (κ2) is 5.06. The third-order valence-corrected chi connectivity index (χ3v) is 5.66. The number of carboxylic acid groups (broad SMARTS) is 1. The number of nitrogens with zero attached hydrogens (tertiary/aromatic N) is 2. The number of carbonyl (C=O) groups is 1. The molecule has 3 rings (SSSR count). The van der Waals surface area contributed by atoms with Gasteiger partial charge in [-0.15, -0.1) is 0 Å². The molecule has 0 aromatic rings. The van der Waals surface area contributed by atoms with Crippen molar-refractivity contribution in [2.45, 2.75) is 57.5 Å². The Labute approximate surface area is 115 Å². The van der Waals surface area contributed by atoms with E-state index in [0.29, 0.717) is 6.04 Å². The van der Waals surface area contributed by atoms with E-state index in [4.69, 9.17) is 0 Å². The standard InChI is InChI=1S/C15H26N2O2/c1-2-15(14(18)19)6-9-16(10-7-15)13-5-8-17(11-13)12-3-4-12/h12-13H,2-11H2,1H3,(H,18,19). The molecule has 3 fully saturated rings. The van der Waals surface area contributed by atoms with Gasteiger partial charge >= 0.3 is 5.97 Å². The lowest BCUT2D eigenvalue weighted by Gasteiger charge is -2.41. The fraction of sp³-hybridized carbons (Fsp3) is 0.933. The van der Waals surface area contributed by atoms with E-state index in [1.165, 1.54) is 32.4 Å². The highest BCUT2D eigenvalue weighted by atomic mass is 16.4. The topological polar surface area (TPSA) is 43.8 Å². The van der Waals surface area contributed by atoms with Crippen LogP contribution in [0, 0.1) is 5.41 Å². The second-order valence-corrected chi connectivity index (χ2v) is 6.64. The van der Waals surface area contributed by atoms with Crippen LogP contribution < -0.4 is 0 Å². The van der Waals surface area contributed by atoms with Crippen molar-refractivity contribution in [3.8, 4) is 0 Å². The van der Waals surface area contributed by atoms with E-state index in [-0.39, 0.29) is 0 Å². The minimum Gasteiger partial charge on any atom is -0.481 e. The van der Waals surface area contributed by atoms with Gasteiger partial charge in [0.1, 0.15) is 0 Å². The molecule has 0 aromatic carbocycles. The van der Waals surface area contributed by atoms with Crippen molar-refractivity contribution < 1.29 is 9.90 Å². The van der Waals surface area contributed by atoms with E-state index >= 15 is 0 Å². The van der Waals surface area contributed by atoms with Gasteiger partial charge < -0.3 is 5.11 Å². The molecule has 0 amide bonds. The Bertz CT molecular complexity index is 346. The van der Waals surface area contributed by atoms with Gasteiger partial charge in [-0.3, -0.25) is 14.6 Å². The summed E-state index contributed by atoms with van der Waals surface area (Å²) in [5.74, 6) is -0.583. The highest BCUT2D eigenvalue weighted by molar-refractivity contribution is 5.74. The molecular weight excluding hydrogens is 240 g/mol. The Morgan fingerprint density at radius 1 is 1.11 bits per heavy atom. The minimum absolute atomic E-state index is 0.439. The fourth-order valence-corrected chi connectivity index (χ4v) is 3.87. The Hall–Kier alpha value is -0.610. The molecule has 1 atom stereocenters. The van der Waals surface area contributed by atoms with Crippen LogP contribution in [0.25, 0.3) is 0 Å². The molecule has 0 bridgehead atoms. The second-order valence-electron chi connectivity index (χ2n) is 6.64. The van der Waals surface area contributed by atoms with Crippen molar-refractivity contribution in [2.75, 3.05) is 26.2 Å². The predicted octanol–water partition coefficient (Wildman–Crippen LogP) is 1.80. The Morgan fingerprint density at radius 2 is 1.79 bits per heavy atom. The molecule has 1 saturated carbocycles. The SMILES string of the molecule is CCC1(C(=O)O)CCN(C2CCN(C3CC3)C2)CC1. The van der Waals surface area contributed by atoms with Crippen LogP contribution in [0.5, 0.6) is 0 Å². The number of likely N-dealkylation sites (tertiary alicyclic amines) is 2. The van der Waals surface area contributed by atoms with E-state index in [1.54, 1.807) is 0 Å². The molecule has 108 valence electrons. The zero-order valence-electron chi connectivity index (χ0n) is 12.0. The summed E-state index contributed by atoms with van der Waals surface area (Å²) in [4.78, 5) is 16.7. The first-order valence-electron chi connectivity index (χ1n) is 7.86. The summed E-state index contributed by atoms with van der Waals surface area (Å²) in [7, 11) is 0. The van der Waals surface area contributed by atoms with Crippen LogP contribution in [0.2, 0.25) is 0 Å². The third-order valence-electron chi connectivity index (χ3n) is 5.66. The molecule has 0 aromatic heterocycles. The maximum atomic E-state index is 11.5. The average molecular weight is 266 g/mol. The highest BCUT2D eigenvalue weighted by Crippen LogP contribution is 2.37. The van der Waals surface area contributed by atoms with Crippen molar-refractivity contribution in [2.24, 2.45) is 5.41 Å². The lowest BCUT2D eigenvalue weighted by atomic mass is 9.76. The predicted molar refractivity (Wildman–Crippen MR) is 74.2 cm³/mol. The van der Waals surface area contributed by atoms with Crippen molar-refractivity contribution >= 4 is 5.97 Å². The van der Waals surface area contributed by atoms with E-state index in [9.17, 15) is 9.90 Å². The monoisotopic (exact) mass is 266 g/mol. The first-order valence-corrected chi connectivity index (χ1v) is 7.86. The van der Waals surface area contributed by atoms with Crippen molar-refractivity contribution in [3.05, 3.63) is 0 Å². The Balaban J connectivity index is 1.54. The van der Waals surface area contributed by atoms with Gasteiger partial charge in [0.15, 0.2) is 0 Å². The van der Waals surface area contributed by atoms with Crippen LogP contribution in [0.1, 0.15) is 45.4 Å². The smallest absolute Gasteiger partial charge is 0.309 e. The largest absolute Gasteiger partial charge is 0.481 e. The summed E-state index contributed by atoms with van der Waals surface area (Å²) in [5, 5.41) is 9.44. The minimum atomic E-state index is -0.583. The van der Waals surface area contributed by atoms with Crippen LogP contribution in [0.3, 0.4) is 0 Å². The molecule has 2 aliphatic heterocycles. The lowest BCUT2D eigenvalue weighted by molar-refractivity contribution is -0.152. The molecule has 19 heavy (non-hydrogen) atoms. The third kappa shape index (κ3) is 2.52. The maximum absolute atomic E-state index is 11.5. The van der Waals surface area contributed by atoms with Gasteiger partial charge in [-0.2, -0.15) is 0 Å². The molecule has 1 aliphatic carbocycles. The first kappa shape index (κ1) is 13.4. The van der Waals surface area contributed by atoms with Gasteiger partial charge in [-0.1, -0.05) is 6.92 Å². The average Bonchev–Trinajstić information content (AvgIpc) is 3.17. The van der Waals surface area contributed by atoms with Crippen LogP contribution in [-0.4, -0.2) is 59.1 Å². The molecule has 0 radical (unpaired) electrons. The summed E-state index contributed by atoms with van der Waals surface area (Å²) in [6.45, 7) is 6.45. The summed E-state index contributed by atoms with van der Waals surface area (Å²) in [6, 6.07) is 1.56. The number of rotatable bonds is 4. The Morgan fingerprint density at radius 3 is 2.32 bits per heavy atom. The number of piperidine rings is 1. The van der Waals surface area contributed by atoms with E-state index in [2.05, 4.69) is 9.80 Å². The van der Waals surface area contributed by atoms with E-state index in [1.807, 2.05) is 6.92 Å². The van der Waals surface area contributed by atoms with Gasteiger partial charge in [0, 0.05) is 25.2 Å². The summed E-state index contributed by atoms with van der Waals surface area (Å²) < 4.78 is 0. The number of hydrogen-bond donors (Lipinski definition) is 1.